The van der Waals surface area contributed by atoms with Crippen molar-refractivity contribution in [2.45, 2.75) is 32.4 Å². The number of nitrogens with zero attached hydrogens (tertiary/aromatic N) is 5. The van der Waals surface area contributed by atoms with Gasteiger partial charge in [-0.25, -0.2) is 14.6 Å². The molecule has 1 atom stereocenters. The molecule has 3 aromatic rings. The number of fused-ring (bicyclic) bond motifs is 1. The van der Waals surface area contributed by atoms with Crippen LogP contribution < -0.4 is 5.32 Å². The van der Waals surface area contributed by atoms with Crippen molar-refractivity contribution in [3.8, 4) is 0 Å². The molecule has 1 fully saturated rings. The average molecular weight is 399 g/mol. The number of hydrogen-bond acceptors (Lipinski definition) is 5. The second kappa shape index (κ2) is 8.24. The van der Waals surface area contributed by atoms with Crippen LogP contribution in [0.15, 0.2) is 36.7 Å². The number of halogens is 1. The van der Waals surface area contributed by atoms with Gasteiger partial charge >= 0.3 is 0 Å². The number of carbonyl (C=O) groups excluding carboxylic acids is 1. The molecule has 1 saturated heterocycles. The second-order valence-electron chi connectivity index (χ2n) is 7.13. The molecule has 1 aliphatic rings. The van der Waals surface area contributed by atoms with E-state index in [-0.39, 0.29) is 5.91 Å². The van der Waals surface area contributed by atoms with E-state index in [0.717, 1.165) is 53.5 Å². The molecule has 7 nitrogen and oxygen atoms in total. The van der Waals surface area contributed by atoms with Crippen molar-refractivity contribution >= 4 is 28.7 Å². The van der Waals surface area contributed by atoms with Gasteiger partial charge in [-0.3, -0.25) is 9.69 Å². The smallest absolute Gasteiger partial charge is 0.216 e. The van der Waals surface area contributed by atoms with Crippen LogP contribution in [-0.2, 0) is 17.9 Å². The van der Waals surface area contributed by atoms with E-state index in [1.54, 1.807) is 12.4 Å². The Morgan fingerprint density at radius 1 is 1.29 bits per heavy atom. The van der Waals surface area contributed by atoms with Gasteiger partial charge in [-0.05, 0) is 24.6 Å². The van der Waals surface area contributed by atoms with E-state index in [1.165, 1.54) is 6.92 Å². The SMILES string of the molecule is CC(=O)NCCn1nc([C@@H]2CCN(Cc3ccccc3Cl)C2)c2nccnc21. The minimum Gasteiger partial charge on any atom is -0.354 e. The van der Waals surface area contributed by atoms with Gasteiger partial charge in [0.1, 0.15) is 5.52 Å². The topological polar surface area (TPSA) is 75.9 Å². The van der Waals surface area contributed by atoms with E-state index < -0.39 is 0 Å². The lowest BCUT2D eigenvalue weighted by Crippen LogP contribution is -2.25. The minimum absolute atomic E-state index is 0.0474. The highest BCUT2D eigenvalue weighted by atomic mass is 35.5. The molecule has 0 saturated carbocycles. The summed E-state index contributed by atoms with van der Waals surface area (Å²) in [5.74, 6) is 0.262. The lowest BCUT2D eigenvalue weighted by atomic mass is 10.0. The molecular weight excluding hydrogens is 376 g/mol. The van der Waals surface area contributed by atoms with Gasteiger partial charge in [0.25, 0.3) is 0 Å². The number of amides is 1. The fourth-order valence-electron chi connectivity index (χ4n) is 3.76. The summed E-state index contributed by atoms with van der Waals surface area (Å²) >= 11 is 6.32. The maximum atomic E-state index is 11.1. The largest absolute Gasteiger partial charge is 0.354 e. The van der Waals surface area contributed by atoms with Gasteiger partial charge in [-0.2, -0.15) is 5.10 Å². The molecule has 0 bridgehead atoms. The highest BCUT2D eigenvalue weighted by Gasteiger charge is 2.29. The van der Waals surface area contributed by atoms with Gasteiger partial charge in [0.05, 0.1) is 12.2 Å². The predicted octanol–water partition coefficient (Wildman–Crippen LogP) is 2.61. The molecule has 146 valence electrons. The van der Waals surface area contributed by atoms with Crippen LogP contribution >= 0.6 is 11.6 Å². The van der Waals surface area contributed by atoms with Crippen LogP contribution in [0.3, 0.4) is 0 Å². The third kappa shape index (κ3) is 4.00. The van der Waals surface area contributed by atoms with Crippen LogP contribution in [0.4, 0.5) is 0 Å². The molecule has 1 aromatic carbocycles. The third-order valence-electron chi connectivity index (χ3n) is 5.10. The van der Waals surface area contributed by atoms with Gasteiger partial charge in [0.15, 0.2) is 5.65 Å². The predicted molar refractivity (Wildman–Crippen MR) is 108 cm³/mol. The van der Waals surface area contributed by atoms with Gasteiger partial charge in [0, 0.05) is 49.9 Å². The first-order chi connectivity index (χ1) is 13.6. The minimum atomic E-state index is -0.0474. The molecule has 1 aliphatic heterocycles. The van der Waals surface area contributed by atoms with E-state index in [9.17, 15) is 4.79 Å². The van der Waals surface area contributed by atoms with Crippen LogP contribution in [-0.4, -0.2) is 50.2 Å². The van der Waals surface area contributed by atoms with E-state index in [0.29, 0.717) is 19.0 Å². The van der Waals surface area contributed by atoms with Crippen molar-refractivity contribution < 1.29 is 4.79 Å². The molecule has 0 radical (unpaired) electrons. The molecule has 8 heteroatoms. The first kappa shape index (κ1) is 18.8. The van der Waals surface area contributed by atoms with Gasteiger partial charge in [-0.15, -0.1) is 0 Å². The summed E-state index contributed by atoms with van der Waals surface area (Å²) in [5.41, 5.74) is 3.77. The molecule has 0 unspecified atom stereocenters. The number of aromatic nitrogens is 4. The summed E-state index contributed by atoms with van der Waals surface area (Å²) in [6.07, 6.45) is 4.42. The Kier molecular flexibility index (Phi) is 5.54. The number of likely N-dealkylation sites (tertiary alicyclic amines) is 1. The van der Waals surface area contributed by atoms with Crippen molar-refractivity contribution in [1.82, 2.24) is 30.0 Å². The summed E-state index contributed by atoms with van der Waals surface area (Å²) in [4.78, 5) is 22.5. The summed E-state index contributed by atoms with van der Waals surface area (Å²) in [7, 11) is 0. The first-order valence-corrected chi connectivity index (χ1v) is 9.87. The molecular formula is C20H23ClN6O. The summed E-state index contributed by atoms with van der Waals surface area (Å²) in [6.45, 7) is 5.35. The average Bonchev–Trinajstić information content (AvgIpc) is 3.28. The molecule has 1 amide bonds. The zero-order valence-corrected chi connectivity index (χ0v) is 16.6. The molecule has 1 N–H and O–H groups in total. The van der Waals surface area contributed by atoms with Crippen molar-refractivity contribution in [3.63, 3.8) is 0 Å². The zero-order valence-electron chi connectivity index (χ0n) is 15.8. The Labute approximate surface area is 168 Å². The molecule has 0 spiro atoms. The lowest BCUT2D eigenvalue weighted by Gasteiger charge is -2.16. The molecule has 4 rings (SSSR count). The lowest BCUT2D eigenvalue weighted by molar-refractivity contribution is -0.118. The number of rotatable bonds is 6. The van der Waals surface area contributed by atoms with E-state index >= 15 is 0 Å². The van der Waals surface area contributed by atoms with E-state index in [2.05, 4.69) is 26.3 Å². The van der Waals surface area contributed by atoms with Crippen molar-refractivity contribution in [1.29, 1.82) is 0 Å². The summed E-state index contributed by atoms with van der Waals surface area (Å²) < 4.78 is 1.85. The number of hydrogen-bond donors (Lipinski definition) is 1. The van der Waals surface area contributed by atoms with Crippen LogP contribution in [0, 0.1) is 0 Å². The number of carbonyl (C=O) groups is 1. The van der Waals surface area contributed by atoms with Crippen molar-refractivity contribution in [2.75, 3.05) is 19.6 Å². The number of nitrogens with one attached hydrogen (secondary N) is 1. The Morgan fingerprint density at radius 2 is 2.11 bits per heavy atom. The van der Waals surface area contributed by atoms with Gasteiger partial charge in [0.2, 0.25) is 5.91 Å². The highest BCUT2D eigenvalue weighted by molar-refractivity contribution is 6.31. The monoisotopic (exact) mass is 398 g/mol. The standard InChI is InChI=1S/C20H23ClN6O/c1-14(28)22-9-11-27-20-19(23-7-8-24-20)18(25-27)16-6-10-26(13-16)12-15-4-2-3-5-17(15)21/h2-5,7-8,16H,6,9-13H2,1H3,(H,22,28)/t16-/m1/s1. The first-order valence-electron chi connectivity index (χ1n) is 9.49. The summed E-state index contributed by atoms with van der Waals surface area (Å²) in [6, 6.07) is 7.99. The Balaban J connectivity index is 1.51. The van der Waals surface area contributed by atoms with Crippen molar-refractivity contribution in [3.05, 3.63) is 52.9 Å². The second-order valence-corrected chi connectivity index (χ2v) is 7.54. The van der Waals surface area contributed by atoms with Gasteiger partial charge < -0.3 is 5.32 Å². The summed E-state index contributed by atoms with van der Waals surface area (Å²) in [5, 5.41) is 8.43. The third-order valence-corrected chi connectivity index (χ3v) is 5.47. The Hall–Kier alpha value is -2.51. The maximum absolute atomic E-state index is 11.1. The quantitative estimate of drug-likeness (QED) is 0.690. The van der Waals surface area contributed by atoms with Crippen LogP contribution in [0.5, 0.6) is 0 Å². The van der Waals surface area contributed by atoms with E-state index in [1.807, 2.05) is 22.9 Å². The zero-order chi connectivity index (χ0) is 19.5. The Bertz CT molecular complexity index is 988. The van der Waals surface area contributed by atoms with Crippen LogP contribution in [0.2, 0.25) is 5.02 Å². The van der Waals surface area contributed by atoms with Gasteiger partial charge in [-0.1, -0.05) is 29.8 Å². The fourth-order valence-corrected chi connectivity index (χ4v) is 3.96. The molecule has 28 heavy (non-hydrogen) atoms. The molecule has 2 aromatic heterocycles. The fraction of sp³-hybridized carbons (Fsp3) is 0.400. The van der Waals surface area contributed by atoms with E-state index in [4.69, 9.17) is 16.7 Å². The van der Waals surface area contributed by atoms with Crippen molar-refractivity contribution in [2.24, 2.45) is 0 Å². The van der Waals surface area contributed by atoms with Crippen LogP contribution in [0.1, 0.15) is 30.5 Å². The Morgan fingerprint density at radius 3 is 2.93 bits per heavy atom. The highest BCUT2D eigenvalue weighted by Crippen LogP contribution is 2.31. The maximum Gasteiger partial charge on any atom is 0.216 e. The van der Waals surface area contributed by atoms with Crippen LogP contribution in [0.25, 0.3) is 11.2 Å². The molecule has 3 heterocycles. The number of benzene rings is 1. The molecule has 0 aliphatic carbocycles. The normalized spacial score (nSPS) is 17.3.